The second-order valence-electron chi connectivity index (χ2n) is 9.89. The molecule has 40 heavy (non-hydrogen) atoms. The topological polar surface area (TPSA) is 106 Å². The highest BCUT2D eigenvalue weighted by atomic mass is 19.4. The van der Waals surface area contributed by atoms with Gasteiger partial charge in [0.25, 0.3) is 11.5 Å². The number of aryl methyl sites for hydroxylation is 1. The molecule has 1 unspecified atom stereocenters. The lowest BCUT2D eigenvalue weighted by atomic mass is 10.0. The number of nitrogens with zero attached hydrogens (tertiary/aromatic N) is 5. The van der Waals surface area contributed by atoms with Gasteiger partial charge in [-0.2, -0.15) is 23.5 Å². The van der Waals surface area contributed by atoms with Gasteiger partial charge in [0.15, 0.2) is 0 Å². The number of H-pyrrole nitrogens is 1. The monoisotopic (exact) mass is 562 g/mol. The van der Waals surface area contributed by atoms with Crippen molar-refractivity contribution >= 4 is 5.91 Å². The number of unbranched alkanes of at least 4 members (excludes halogenated alkanes) is 1. The van der Waals surface area contributed by atoms with Crippen LogP contribution in [0.5, 0.6) is 0 Å². The summed E-state index contributed by atoms with van der Waals surface area (Å²) in [7, 11) is 0. The first-order valence-corrected chi connectivity index (χ1v) is 13.4. The summed E-state index contributed by atoms with van der Waals surface area (Å²) in [5, 5.41) is 14.2. The van der Waals surface area contributed by atoms with Crippen LogP contribution in [0.1, 0.15) is 80.1 Å². The van der Waals surface area contributed by atoms with Crippen molar-refractivity contribution in [1.29, 1.82) is 5.26 Å². The van der Waals surface area contributed by atoms with Crippen LogP contribution < -0.4 is 5.56 Å². The first-order valence-electron chi connectivity index (χ1n) is 13.4. The Kier molecular flexibility index (Phi) is 10.6. The van der Waals surface area contributed by atoms with E-state index in [1.807, 2.05) is 38.0 Å². The molecule has 3 heterocycles. The SMILES string of the molecule is CCCCN(CCC)C(=O)C1=C(F)CCN(C2CCc3c2n[nH]c(=O)c3C(F)(F)F)C1.Cc1ccc(C#N)cn1. The molecule has 0 aromatic carbocycles. The minimum absolute atomic E-state index is 0.0171. The number of hydrogen-bond donors (Lipinski definition) is 1. The van der Waals surface area contributed by atoms with Crippen LogP contribution in [0.25, 0.3) is 0 Å². The molecule has 0 radical (unpaired) electrons. The highest BCUT2D eigenvalue weighted by molar-refractivity contribution is 5.94. The molecule has 0 spiro atoms. The molecule has 0 saturated carbocycles. The van der Waals surface area contributed by atoms with Crippen molar-refractivity contribution in [3.63, 3.8) is 0 Å². The van der Waals surface area contributed by atoms with E-state index >= 15 is 0 Å². The Morgan fingerprint density at radius 1 is 1.23 bits per heavy atom. The van der Waals surface area contributed by atoms with Crippen molar-refractivity contribution in [2.75, 3.05) is 26.2 Å². The van der Waals surface area contributed by atoms with Crippen molar-refractivity contribution in [2.24, 2.45) is 0 Å². The molecule has 1 amide bonds. The van der Waals surface area contributed by atoms with Gasteiger partial charge in [-0.3, -0.25) is 19.5 Å². The summed E-state index contributed by atoms with van der Waals surface area (Å²) in [6, 6.07) is 5.06. The molecule has 0 saturated heterocycles. The van der Waals surface area contributed by atoms with Gasteiger partial charge < -0.3 is 4.90 Å². The number of halogens is 4. The van der Waals surface area contributed by atoms with Crippen molar-refractivity contribution in [1.82, 2.24) is 25.0 Å². The van der Waals surface area contributed by atoms with Crippen LogP contribution in [0, 0.1) is 18.3 Å². The zero-order valence-corrected chi connectivity index (χ0v) is 22.9. The van der Waals surface area contributed by atoms with Gasteiger partial charge in [0, 0.05) is 44.5 Å². The fourth-order valence-electron chi connectivity index (χ4n) is 4.97. The van der Waals surface area contributed by atoms with Crippen molar-refractivity contribution < 1.29 is 22.4 Å². The minimum Gasteiger partial charge on any atom is -0.339 e. The van der Waals surface area contributed by atoms with E-state index in [-0.39, 0.29) is 48.7 Å². The molecule has 4 rings (SSSR count). The fraction of sp³-hybridized carbons (Fsp3) is 0.536. The van der Waals surface area contributed by atoms with Crippen LogP contribution in [0.3, 0.4) is 0 Å². The lowest BCUT2D eigenvalue weighted by Gasteiger charge is -2.34. The van der Waals surface area contributed by atoms with E-state index < -0.39 is 29.2 Å². The Morgan fingerprint density at radius 3 is 2.58 bits per heavy atom. The average Bonchev–Trinajstić information content (AvgIpc) is 3.34. The van der Waals surface area contributed by atoms with Crippen LogP contribution in [-0.4, -0.2) is 57.1 Å². The summed E-state index contributed by atoms with van der Waals surface area (Å²) < 4.78 is 54.8. The molecule has 1 aliphatic carbocycles. The van der Waals surface area contributed by atoms with E-state index in [9.17, 15) is 27.2 Å². The normalized spacial score (nSPS) is 17.1. The number of nitriles is 1. The smallest absolute Gasteiger partial charge is 0.339 e. The summed E-state index contributed by atoms with van der Waals surface area (Å²) in [5.74, 6) is -0.802. The van der Waals surface area contributed by atoms with E-state index in [1.165, 1.54) is 0 Å². The third kappa shape index (κ3) is 7.33. The Labute approximate surface area is 230 Å². The molecule has 1 atom stereocenters. The molecule has 0 fully saturated rings. The Morgan fingerprint density at radius 2 is 1.98 bits per heavy atom. The number of aromatic amines is 1. The number of nitrogens with one attached hydrogen (secondary N) is 1. The van der Waals surface area contributed by atoms with Crippen LogP contribution in [0.2, 0.25) is 0 Å². The Hall–Kier alpha value is -3.59. The number of rotatable bonds is 7. The van der Waals surface area contributed by atoms with E-state index in [4.69, 9.17) is 5.26 Å². The number of carbonyl (C=O) groups is 1. The van der Waals surface area contributed by atoms with Gasteiger partial charge in [0.1, 0.15) is 17.5 Å². The van der Waals surface area contributed by atoms with Crippen LogP contribution in [0.4, 0.5) is 17.6 Å². The number of pyridine rings is 1. The maximum absolute atomic E-state index is 14.6. The number of hydrogen-bond acceptors (Lipinski definition) is 6. The van der Waals surface area contributed by atoms with Crippen molar-refractivity contribution in [3.05, 3.63) is 68.2 Å². The summed E-state index contributed by atoms with van der Waals surface area (Å²) in [6.45, 7) is 7.22. The van der Waals surface area contributed by atoms with Crippen LogP contribution >= 0.6 is 0 Å². The average molecular weight is 563 g/mol. The molecule has 2 aliphatic rings. The highest BCUT2D eigenvalue weighted by Crippen LogP contribution is 2.41. The van der Waals surface area contributed by atoms with Gasteiger partial charge >= 0.3 is 6.18 Å². The van der Waals surface area contributed by atoms with Gasteiger partial charge in [-0.05, 0) is 50.3 Å². The maximum atomic E-state index is 14.6. The quantitative estimate of drug-likeness (QED) is 0.476. The van der Waals surface area contributed by atoms with Crippen molar-refractivity contribution in [2.45, 2.75) is 71.5 Å². The van der Waals surface area contributed by atoms with Crippen LogP contribution in [0.15, 0.2) is 34.5 Å². The first-order chi connectivity index (χ1) is 19.0. The van der Waals surface area contributed by atoms with E-state index in [2.05, 4.69) is 10.1 Å². The lowest BCUT2D eigenvalue weighted by Crippen LogP contribution is -2.42. The summed E-state index contributed by atoms with van der Waals surface area (Å²) >= 11 is 0. The number of aromatic nitrogens is 3. The molecule has 2 aromatic heterocycles. The first kappa shape index (κ1) is 30.9. The standard InChI is InChI=1S/C21H28F4N4O2.C7H6N2/c1-3-5-10-28(9-4-2)20(31)14-12-29(11-8-15(14)22)16-7-6-13-17(21(23,24)25)19(30)27-26-18(13)16;1-6-2-3-7(4-8)5-9-6/h16H,3-12H2,1-2H3,(H,27,30);2-3,5H,1H3. The molecule has 12 heteroatoms. The summed E-state index contributed by atoms with van der Waals surface area (Å²) in [6.07, 6.45) is -0.308. The number of carbonyl (C=O) groups excluding carboxylic acids is 1. The molecular formula is C28H34F4N6O2. The lowest BCUT2D eigenvalue weighted by molar-refractivity contribution is -0.139. The zero-order chi connectivity index (χ0) is 29.4. The van der Waals surface area contributed by atoms with Gasteiger partial charge in [0.2, 0.25) is 0 Å². The predicted molar refractivity (Wildman–Crippen MR) is 141 cm³/mol. The predicted octanol–water partition coefficient (Wildman–Crippen LogP) is 5.01. The van der Waals surface area contributed by atoms with E-state index in [1.54, 1.807) is 22.1 Å². The van der Waals surface area contributed by atoms with Gasteiger partial charge in [-0.1, -0.05) is 20.3 Å². The van der Waals surface area contributed by atoms with E-state index in [0.717, 1.165) is 25.0 Å². The third-order valence-corrected chi connectivity index (χ3v) is 6.99. The zero-order valence-electron chi connectivity index (χ0n) is 22.9. The summed E-state index contributed by atoms with van der Waals surface area (Å²) in [5.41, 5.74) is -0.765. The second kappa shape index (κ2) is 13.7. The van der Waals surface area contributed by atoms with Gasteiger partial charge in [-0.25, -0.2) is 9.49 Å². The van der Waals surface area contributed by atoms with Crippen molar-refractivity contribution in [3.8, 4) is 6.07 Å². The third-order valence-electron chi connectivity index (χ3n) is 6.99. The van der Waals surface area contributed by atoms with Gasteiger partial charge in [0.05, 0.1) is 22.9 Å². The number of alkyl halides is 3. The maximum Gasteiger partial charge on any atom is 0.422 e. The Balaban J connectivity index is 0.000000415. The number of fused-ring (bicyclic) bond motifs is 1. The largest absolute Gasteiger partial charge is 0.422 e. The second-order valence-corrected chi connectivity index (χ2v) is 9.89. The molecular weight excluding hydrogens is 528 g/mol. The molecule has 1 aliphatic heterocycles. The summed E-state index contributed by atoms with van der Waals surface area (Å²) in [4.78, 5) is 32.2. The van der Waals surface area contributed by atoms with E-state index in [0.29, 0.717) is 25.1 Å². The highest BCUT2D eigenvalue weighted by Gasteiger charge is 2.43. The molecule has 1 N–H and O–H groups in total. The van der Waals surface area contributed by atoms with Gasteiger partial charge in [-0.15, -0.1) is 0 Å². The fourth-order valence-corrected chi connectivity index (χ4v) is 4.97. The minimum atomic E-state index is -4.77. The van der Waals surface area contributed by atoms with Crippen LogP contribution in [-0.2, 0) is 17.4 Å². The Bertz CT molecular complexity index is 1310. The molecule has 2 aromatic rings. The molecule has 8 nitrogen and oxygen atoms in total. The molecule has 0 bridgehead atoms. The molecule has 216 valence electrons. The number of amides is 1.